The third-order valence-corrected chi connectivity index (χ3v) is 6.36. The molecule has 150 valence electrons. The summed E-state index contributed by atoms with van der Waals surface area (Å²) in [4.78, 5) is 6.56. The Morgan fingerprint density at radius 3 is 2.52 bits per heavy atom. The van der Waals surface area contributed by atoms with E-state index in [1.54, 1.807) is 32.0 Å². The Morgan fingerprint density at radius 2 is 1.86 bits per heavy atom. The van der Waals surface area contributed by atoms with E-state index in [0.717, 1.165) is 30.8 Å². The lowest BCUT2D eigenvalue weighted by Gasteiger charge is -2.15. The van der Waals surface area contributed by atoms with Gasteiger partial charge in [-0.25, -0.2) is 13.1 Å². The maximum absolute atomic E-state index is 13.0. The minimum absolute atomic E-state index is 0.139. The molecule has 2 aromatic carbocycles. The smallest absolute Gasteiger partial charge is 0.264 e. The van der Waals surface area contributed by atoms with E-state index in [0.29, 0.717) is 16.8 Å². The highest BCUT2D eigenvalue weighted by molar-refractivity contribution is 7.92. The van der Waals surface area contributed by atoms with E-state index in [9.17, 15) is 8.42 Å². The fourth-order valence-electron chi connectivity index (χ4n) is 3.19. The fourth-order valence-corrected chi connectivity index (χ4v) is 4.47. The molecule has 0 radical (unpaired) electrons. The zero-order valence-electron chi connectivity index (χ0n) is 16.3. The number of aromatic nitrogens is 1. The Morgan fingerprint density at radius 1 is 1.10 bits per heavy atom. The van der Waals surface area contributed by atoms with Crippen LogP contribution in [0.3, 0.4) is 0 Å². The van der Waals surface area contributed by atoms with Crippen LogP contribution in [0.15, 0.2) is 62.9 Å². The van der Waals surface area contributed by atoms with E-state index in [4.69, 9.17) is 4.52 Å². The lowest BCUT2D eigenvalue weighted by atomic mass is 10.0. The molecule has 0 saturated heterocycles. The van der Waals surface area contributed by atoms with Crippen LogP contribution in [0.4, 0.5) is 5.88 Å². The van der Waals surface area contributed by atoms with Crippen LogP contribution in [-0.4, -0.2) is 37.9 Å². The largest absolute Gasteiger partial charge is 0.357 e. The highest BCUT2D eigenvalue weighted by Crippen LogP contribution is 2.30. The van der Waals surface area contributed by atoms with Crippen molar-refractivity contribution in [1.29, 1.82) is 0 Å². The first-order valence-corrected chi connectivity index (χ1v) is 10.8. The Balaban J connectivity index is 1.62. The van der Waals surface area contributed by atoms with Crippen LogP contribution in [0.2, 0.25) is 0 Å². The van der Waals surface area contributed by atoms with Crippen molar-refractivity contribution in [3.8, 4) is 11.1 Å². The van der Waals surface area contributed by atoms with Gasteiger partial charge in [0.15, 0.2) is 0 Å². The van der Waals surface area contributed by atoms with Crippen molar-refractivity contribution in [1.82, 2.24) is 10.1 Å². The van der Waals surface area contributed by atoms with Crippen LogP contribution in [0, 0.1) is 13.8 Å². The van der Waals surface area contributed by atoms with Crippen LogP contribution in [0.1, 0.15) is 16.8 Å². The second-order valence-corrected chi connectivity index (χ2v) is 8.66. The Kier molecular flexibility index (Phi) is 5.10. The van der Waals surface area contributed by atoms with Crippen molar-refractivity contribution in [2.75, 3.05) is 17.8 Å². The number of rotatable bonds is 6. The lowest BCUT2D eigenvalue weighted by Crippen LogP contribution is -2.18. The van der Waals surface area contributed by atoms with Gasteiger partial charge in [-0.15, -0.1) is 0 Å². The molecule has 0 atom stereocenters. The van der Waals surface area contributed by atoms with Crippen molar-refractivity contribution < 1.29 is 12.9 Å². The lowest BCUT2D eigenvalue weighted by molar-refractivity contribution is 0.430. The number of nitrogens with one attached hydrogen (secondary N) is 1. The van der Waals surface area contributed by atoms with Gasteiger partial charge in [0.05, 0.1) is 23.5 Å². The van der Waals surface area contributed by atoms with Crippen molar-refractivity contribution in [3.05, 3.63) is 65.4 Å². The van der Waals surface area contributed by atoms with E-state index in [1.807, 2.05) is 36.7 Å². The van der Waals surface area contributed by atoms with Gasteiger partial charge in [-0.1, -0.05) is 47.6 Å². The third kappa shape index (κ3) is 4.02. The highest BCUT2D eigenvalue weighted by atomic mass is 32.2. The second-order valence-electron chi connectivity index (χ2n) is 7.01. The van der Waals surface area contributed by atoms with E-state index in [1.165, 1.54) is 0 Å². The SMILES string of the molecule is Cc1noc(NS(=O)(=O)c2ccccc2-c2ccc(CN3C=NCC3)cc2)c1C. The zero-order valence-corrected chi connectivity index (χ0v) is 17.1. The molecule has 2 heterocycles. The average Bonchev–Trinajstić information content (AvgIpc) is 3.34. The monoisotopic (exact) mass is 410 g/mol. The maximum Gasteiger partial charge on any atom is 0.264 e. The van der Waals surface area contributed by atoms with Crippen molar-refractivity contribution in [2.45, 2.75) is 25.3 Å². The summed E-state index contributed by atoms with van der Waals surface area (Å²) in [5.74, 6) is 0.139. The number of aliphatic imine (C=N–C) groups is 1. The second kappa shape index (κ2) is 7.71. The molecule has 0 fully saturated rings. The molecule has 1 aliphatic heterocycles. The van der Waals surface area contributed by atoms with Crippen LogP contribution in [0.5, 0.6) is 0 Å². The van der Waals surface area contributed by atoms with Crippen molar-refractivity contribution in [2.24, 2.45) is 4.99 Å². The van der Waals surface area contributed by atoms with E-state index < -0.39 is 10.0 Å². The Hall–Kier alpha value is -3.13. The summed E-state index contributed by atoms with van der Waals surface area (Å²) in [6.07, 6.45) is 1.87. The van der Waals surface area contributed by atoms with E-state index >= 15 is 0 Å². The number of aryl methyl sites for hydroxylation is 1. The standard InChI is InChI=1S/C21H22N4O3S/c1-15-16(2)23-28-21(15)24-29(26,27)20-6-4-3-5-19(20)18-9-7-17(8-10-18)13-25-12-11-22-14-25/h3-10,14,24H,11-13H2,1-2H3. The number of anilines is 1. The molecule has 0 unspecified atom stereocenters. The number of sulfonamides is 1. The average molecular weight is 410 g/mol. The highest BCUT2D eigenvalue weighted by Gasteiger charge is 2.22. The van der Waals surface area contributed by atoms with E-state index in [-0.39, 0.29) is 10.8 Å². The van der Waals surface area contributed by atoms with Crippen molar-refractivity contribution in [3.63, 3.8) is 0 Å². The molecular formula is C21H22N4O3S. The molecule has 0 saturated carbocycles. The normalized spacial score (nSPS) is 13.8. The van der Waals surface area contributed by atoms with Crippen LogP contribution in [-0.2, 0) is 16.6 Å². The predicted molar refractivity (Wildman–Crippen MR) is 112 cm³/mol. The predicted octanol–water partition coefficient (Wildman–Crippen LogP) is 3.60. The molecule has 1 aliphatic rings. The molecule has 1 aromatic heterocycles. The van der Waals surface area contributed by atoms with Crippen LogP contribution < -0.4 is 4.72 Å². The molecule has 0 amide bonds. The summed E-state index contributed by atoms with van der Waals surface area (Å²) in [6, 6.07) is 14.8. The van der Waals surface area contributed by atoms with Gasteiger partial charge in [0.1, 0.15) is 0 Å². The number of benzene rings is 2. The van der Waals surface area contributed by atoms with Crippen LogP contribution >= 0.6 is 0 Å². The summed E-state index contributed by atoms with van der Waals surface area (Å²) < 4.78 is 33.7. The molecule has 0 aliphatic carbocycles. The van der Waals surface area contributed by atoms with Crippen molar-refractivity contribution >= 4 is 22.2 Å². The van der Waals surface area contributed by atoms with Gasteiger partial charge in [-0.2, -0.15) is 0 Å². The first-order chi connectivity index (χ1) is 13.9. The Labute approximate surface area is 170 Å². The summed E-state index contributed by atoms with van der Waals surface area (Å²) >= 11 is 0. The van der Waals surface area contributed by atoms with E-state index in [2.05, 4.69) is 19.8 Å². The van der Waals surface area contributed by atoms with Gasteiger partial charge >= 0.3 is 0 Å². The number of hydrogen-bond donors (Lipinski definition) is 1. The molecule has 0 spiro atoms. The fraction of sp³-hybridized carbons (Fsp3) is 0.238. The zero-order chi connectivity index (χ0) is 20.4. The maximum atomic E-state index is 13.0. The van der Waals surface area contributed by atoms with Gasteiger partial charge < -0.3 is 9.42 Å². The molecule has 29 heavy (non-hydrogen) atoms. The third-order valence-electron chi connectivity index (χ3n) is 4.97. The molecule has 3 aromatic rings. The molecule has 7 nitrogen and oxygen atoms in total. The topological polar surface area (TPSA) is 87.8 Å². The van der Waals surface area contributed by atoms with Gasteiger partial charge in [0.25, 0.3) is 10.0 Å². The Bertz CT molecular complexity index is 1150. The van der Waals surface area contributed by atoms with Gasteiger partial charge in [-0.05, 0) is 31.0 Å². The molecular weight excluding hydrogens is 388 g/mol. The number of hydrogen-bond acceptors (Lipinski definition) is 6. The van der Waals surface area contributed by atoms with Gasteiger partial charge in [0.2, 0.25) is 5.88 Å². The van der Waals surface area contributed by atoms with Gasteiger partial charge in [0, 0.05) is 24.2 Å². The first-order valence-electron chi connectivity index (χ1n) is 9.32. The summed E-state index contributed by atoms with van der Waals surface area (Å²) in [5, 5.41) is 3.81. The molecule has 1 N–H and O–H groups in total. The first kappa shape index (κ1) is 19.2. The minimum atomic E-state index is -3.84. The van der Waals surface area contributed by atoms with Gasteiger partial charge in [-0.3, -0.25) is 4.99 Å². The summed E-state index contributed by atoms with van der Waals surface area (Å²) in [6.45, 7) is 6.07. The quantitative estimate of drug-likeness (QED) is 0.671. The summed E-state index contributed by atoms with van der Waals surface area (Å²) in [5.41, 5.74) is 3.92. The molecule has 8 heteroatoms. The summed E-state index contributed by atoms with van der Waals surface area (Å²) in [7, 11) is -3.84. The number of nitrogens with zero attached hydrogens (tertiary/aromatic N) is 3. The molecule has 4 rings (SSSR count). The van der Waals surface area contributed by atoms with Crippen LogP contribution in [0.25, 0.3) is 11.1 Å². The molecule has 0 bridgehead atoms. The minimum Gasteiger partial charge on any atom is -0.357 e.